The average Bonchev–Trinajstić information content (AvgIpc) is 2.61. The molecule has 0 bridgehead atoms. The summed E-state index contributed by atoms with van der Waals surface area (Å²) in [7, 11) is -3.98. The molecule has 1 aromatic rings. The molecule has 0 aliphatic carbocycles. The summed E-state index contributed by atoms with van der Waals surface area (Å²) < 4.78 is 35.7. The molecule has 1 unspecified atom stereocenters. The molecular formula is C18H25BN2O6S. The summed E-state index contributed by atoms with van der Waals surface area (Å²) in [5, 5.41) is 12.1. The first-order valence-corrected chi connectivity index (χ1v) is 11.4. The number of sulfone groups is 1. The summed E-state index contributed by atoms with van der Waals surface area (Å²) in [6.07, 6.45) is 1.24. The van der Waals surface area contributed by atoms with Crippen molar-refractivity contribution in [3.63, 3.8) is 0 Å². The van der Waals surface area contributed by atoms with Crippen molar-refractivity contribution in [3.05, 3.63) is 23.3 Å². The second-order valence-electron chi connectivity index (χ2n) is 7.72. The maximum absolute atomic E-state index is 12.4. The molecule has 152 valence electrons. The molecule has 2 N–H and O–H groups in total. The molecule has 1 atom stereocenters. The third kappa shape index (κ3) is 3.85. The molecule has 3 aliphatic heterocycles. The van der Waals surface area contributed by atoms with Crippen LogP contribution in [0.4, 0.5) is 0 Å². The quantitative estimate of drug-likeness (QED) is 0.664. The molecule has 1 aromatic carbocycles. The highest BCUT2D eigenvalue weighted by Gasteiger charge is 2.37. The minimum absolute atomic E-state index is 0.0195. The van der Waals surface area contributed by atoms with Crippen LogP contribution in [0.1, 0.15) is 17.5 Å². The number of nitrogens with zero attached hydrogens (tertiary/aromatic N) is 1. The molecule has 2 saturated heterocycles. The summed E-state index contributed by atoms with van der Waals surface area (Å²) in [4.78, 5) is 14.0. The Morgan fingerprint density at radius 1 is 1.43 bits per heavy atom. The zero-order valence-corrected chi connectivity index (χ0v) is 16.7. The highest BCUT2D eigenvalue weighted by Crippen LogP contribution is 2.36. The Labute approximate surface area is 165 Å². The summed E-state index contributed by atoms with van der Waals surface area (Å²) in [5.41, 5.74) is 1.91. The number of likely N-dealkylation sites (tertiary alicyclic amines) is 1. The van der Waals surface area contributed by atoms with E-state index in [9.17, 15) is 18.2 Å². The second kappa shape index (κ2) is 7.57. The molecule has 8 nitrogen and oxygen atoms in total. The van der Waals surface area contributed by atoms with Crippen molar-refractivity contribution in [1.29, 1.82) is 0 Å². The highest BCUT2D eigenvalue weighted by molar-refractivity contribution is 7.92. The van der Waals surface area contributed by atoms with Gasteiger partial charge in [-0.05, 0) is 31.3 Å². The summed E-state index contributed by atoms with van der Waals surface area (Å²) in [6.45, 7) is 3.57. The number of ether oxygens (including phenoxy) is 1. The van der Waals surface area contributed by atoms with Gasteiger partial charge in [-0.25, -0.2) is 8.42 Å². The number of hydrogen-bond donors (Lipinski definition) is 2. The minimum atomic E-state index is -3.19. The minimum Gasteiger partial charge on any atom is -0.536 e. The zero-order valence-electron chi connectivity index (χ0n) is 15.9. The number of fused-ring (bicyclic) bond motifs is 1. The van der Waals surface area contributed by atoms with Gasteiger partial charge in [-0.1, -0.05) is 6.07 Å². The molecule has 0 saturated carbocycles. The van der Waals surface area contributed by atoms with Gasteiger partial charge in [-0.2, -0.15) is 0 Å². The summed E-state index contributed by atoms with van der Waals surface area (Å²) in [6, 6.07) is 3.85. The topological polar surface area (TPSA) is 105 Å². The second-order valence-corrected chi connectivity index (χ2v) is 10.1. The summed E-state index contributed by atoms with van der Waals surface area (Å²) in [5.74, 6) is 1.30. The zero-order chi connectivity index (χ0) is 19.9. The van der Waals surface area contributed by atoms with E-state index < -0.39 is 22.2 Å². The van der Waals surface area contributed by atoms with E-state index in [-0.39, 0.29) is 24.2 Å². The van der Waals surface area contributed by atoms with E-state index in [4.69, 9.17) is 9.39 Å². The molecule has 0 spiro atoms. The molecule has 0 radical (unpaired) electrons. The number of nitrogens with one attached hydrogen (secondary N) is 1. The van der Waals surface area contributed by atoms with Gasteiger partial charge >= 0.3 is 7.12 Å². The van der Waals surface area contributed by atoms with Crippen LogP contribution < -0.4 is 14.7 Å². The first kappa shape index (κ1) is 19.5. The molecule has 10 heteroatoms. The SMILES string of the molecule is Cc1c(OC2CN(C(=O)CC3CNCCS3(=O)=O)C2)ccc2c1OB(O)CC2. The maximum Gasteiger partial charge on any atom is 0.522 e. The fraction of sp³-hybridized carbons (Fsp3) is 0.611. The molecule has 28 heavy (non-hydrogen) atoms. The standard InChI is InChI=1S/C18H25BN2O6S/c1-12-16(3-2-13-4-5-19(23)27-18(12)13)26-14-10-21(11-14)17(22)8-15-9-20-6-7-28(15,24)25/h2-3,14-15,20,23H,4-11H2,1H3. The Hall–Kier alpha value is -1.78. The third-order valence-electron chi connectivity index (χ3n) is 5.69. The van der Waals surface area contributed by atoms with Crippen molar-refractivity contribution >= 4 is 22.9 Å². The first-order chi connectivity index (χ1) is 13.3. The Kier molecular flexibility index (Phi) is 5.28. The van der Waals surface area contributed by atoms with Gasteiger partial charge in [0.15, 0.2) is 9.84 Å². The Morgan fingerprint density at radius 3 is 2.96 bits per heavy atom. The van der Waals surface area contributed by atoms with Crippen LogP contribution in [0.5, 0.6) is 11.5 Å². The lowest BCUT2D eigenvalue weighted by Crippen LogP contribution is -2.57. The van der Waals surface area contributed by atoms with Crippen LogP contribution in [0.2, 0.25) is 6.32 Å². The Balaban J connectivity index is 1.32. The lowest BCUT2D eigenvalue weighted by atomic mass is 9.78. The fourth-order valence-corrected chi connectivity index (χ4v) is 5.41. The van der Waals surface area contributed by atoms with Crippen LogP contribution in [0.25, 0.3) is 0 Å². The number of amides is 1. The largest absolute Gasteiger partial charge is 0.536 e. The van der Waals surface area contributed by atoms with Crippen molar-refractivity contribution in [1.82, 2.24) is 10.2 Å². The Morgan fingerprint density at radius 2 is 2.21 bits per heavy atom. The fourth-order valence-electron chi connectivity index (χ4n) is 3.88. The van der Waals surface area contributed by atoms with Crippen LogP contribution in [0, 0.1) is 6.92 Å². The van der Waals surface area contributed by atoms with Gasteiger partial charge in [-0.3, -0.25) is 4.79 Å². The number of rotatable bonds is 4. The first-order valence-electron chi connectivity index (χ1n) is 9.67. The van der Waals surface area contributed by atoms with Crippen molar-refractivity contribution in [3.8, 4) is 11.5 Å². The van der Waals surface area contributed by atoms with E-state index in [1.54, 1.807) is 4.90 Å². The van der Waals surface area contributed by atoms with Crippen LogP contribution in [-0.4, -0.2) is 74.7 Å². The van der Waals surface area contributed by atoms with E-state index in [0.717, 1.165) is 17.5 Å². The van der Waals surface area contributed by atoms with E-state index in [2.05, 4.69) is 5.32 Å². The predicted molar refractivity (Wildman–Crippen MR) is 104 cm³/mol. The average molecular weight is 408 g/mol. The van der Waals surface area contributed by atoms with Gasteiger partial charge in [0.2, 0.25) is 5.91 Å². The van der Waals surface area contributed by atoms with Crippen LogP contribution >= 0.6 is 0 Å². The van der Waals surface area contributed by atoms with Crippen LogP contribution in [0.3, 0.4) is 0 Å². The number of carbonyl (C=O) groups excluding carboxylic acids is 1. The Bertz CT molecular complexity index is 871. The van der Waals surface area contributed by atoms with Crippen molar-refractivity contribution in [2.45, 2.75) is 37.4 Å². The molecule has 0 aromatic heterocycles. The maximum atomic E-state index is 12.4. The predicted octanol–water partition coefficient (Wildman–Crippen LogP) is -0.223. The molecule has 3 aliphatic rings. The molecule has 3 heterocycles. The molecular weight excluding hydrogens is 383 g/mol. The third-order valence-corrected chi connectivity index (χ3v) is 7.81. The summed E-state index contributed by atoms with van der Waals surface area (Å²) >= 11 is 0. The van der Waals surface area contributed by atoms with Gasteiger partial charge in [0.1, 0.15) is 17.6 Å². The van der Waals surface area contributed by atoms with Crippen molar-refractivity contribution in [2.75, 3.05) is 31.9 Å². The van der Waals surface area contributed by atoms with Gasteiger partial charge in [-0.15, -0.1) is 0 Å². The van der Waals surface area contributed by atoms with E-state index in [0.29, 0.717) is 44.0 Å². The number of carbonyl (C=O) groups is 1. The normalized spacial score (nSPS) is 24.1. The number of benzene rings is 1. The molecule has 4 rings (SSSR count). The monoisotopic (exact) mass is 408 g/mol. The van der Waals surface area contributed by atoms with Crippen molar-refractivity contribution < 1.29 is 27.6 Å². The molecule has 2 fully saturated rings. The van der Waals surface area contributed by atoms with Crippen LogP contribution in [0.15, 0.2) is 12.1 Å². The number of aryl methyl sites for hydroxylation is 1. The smallest absolute Gasteiger partial charge is 0.522 e. The van der Waals surface area contributed by atoms with Crippen LogP contribution in [-0.2, 0) is 21.1 Å². The van der Waals surface area contributed by atoms with E-state index in [1.165, 1.54) is 0 Å². The van der Waals surface area contributed by atoms with Gasteiger partial charge < -0.3 is 24.6 Å². The van der Waals surface area contributed by atoms with Crippen molar-refractivity contribution in [2.24, 2.45) is 0 Å². The van der Waals surface area contributed by atoms with Gasteiger partial charge in [0.25, 0.3) is 0 Å². The van der Waals surface area contributed by atoms with E-state index in [1.807, 2.05) is 19.1 Å². The molecule has 1 amide bonds. The lowest BCUT2D eigenvalue weighted by molar-refractivity contribution is -0.140. The van der Waals surface area contributed by atoms with Gasteiger partial charge in [0, 0.05) is 25.1 Å². The van der Waals surface area contributed by atoms with Gasteiger partial charge in [0.05, 0.1) is 24.1 Å². The number of hydrogen-bond acceptors (Lipinski definition) is 7. The highest BCUT2D eigenvalue weighted by atomic mass is 32.2. The van der Waals surface area contributed by atoms with E-state index >= 15 is 0 Å². The lowest BCUT2D eigenvalue weighted by Gasteiger charge is -2.40.